The van der Waals surface area contributed by atoms with Gasteiger partial charge in [-0.3, -0.25) is 4.79 Å². The van der Waals surface area contributed by atoms with Crippen LogP contribution >= 0.6 is 34.3 Å². The van der Waals surface area contributed by atoms with Gasteiger partial charge in [0, 0.05) is 42.0 Å². The number of halogens is 1. The smallest absolute Gasteiger partial charge is 0.267 e. The maximum absolute atomic E-state index is 12.8. The summed E-state index contributed by atoms with van der Waals surface area (Å²) >= 11 is 9.53. The number of carbonyl (C=O) groups excluding carboxylic acids is 1. The maximum atomic E-state index is 12.8. The van der Waals surface area contributed by atoms with Gasteiger partial charge in [0.25, 0.3) is 5.91 Å². The van der Waals surface area contributed by atoms with Crippen LogP contribution in [0, 0.1) is 0 Å². The van der Waals surface area contributed by atoms with Crippen molar-refractivity contribution in [3.8, 4) is 0 Å². The first kappa shape index (κ1) is 18.8. The second-order valence-electron chi connectivity index (χ2n) is 7.16. The molecule has 1 aliphatic rings. The number of likely N-dealkylation sites (N-methyl/N-ethyl adjacent to an activating group) is 1. The fraction of sp³-hybridized carbons (Fsp3) is 0.238. The summed E-state index contributed by atoms with van der Waals surface area (Å²) in [4.78, 5) is 22.8. The molecule has 1 fully saturated rings. The van der Waals surface area contributed by atoms with Gasteiger partial charge in [0.2, 0.25) is 0 Å². The summed E-state index contributed by atoms with van der Waals surface area (Å²) in [5.41, 5.74) is 1.71. The Morgan fingerprint density at radius 3 is 2.66 bits per heavy atom. The predicted molar refractivity (Wildman–Crippen MR) is 124 cm³/mol. The standard InChI is InChI=1S/C21H19ClN4OS2/c1-25-8-10-26(11-9-25)21-24-15-7-6-13(12-17(15)29-21)23-20(27)19-18(22)14-4-2-3-5-16(14)28-19/h2-7,12H,8-11H2,1H3,(H,23,27). The third kappa shape index (κ3) is 3.59. The molecule has 0 spiro atoms. The number of amides is 1. The molecule has 148 valence electrons. The number of nitrogens with zero attached hydrogens (tertiary/aromatic N) is 3. The number of benzene rings is 2. The van der Waals surface area contributed by atoms with Crippen molar-refractivity contribution in [1.29, 1.82) is 0 Å². The summed E-state index contributed by atoms with van der Waals surface area (Å²) in [6.07, 6.45) is 0. The number of hydrogen-bond donors (Lipinski definition) is 1. The van der Waals surface area contributed by atoms with Gasteiger partial charge in [-0.05, 0) is 31.3 Å². The topological polar surface area (TPSA) is 48.5 Å². The first-order chi connectivity index (χ1) is 14.1. The lowest BCUT2D eigenvalue weighted by Crippen LogP contribution is -2.44. The molecule has 1 amide bonds. The highest BCUT2D eigenvalue weighted by molar-refractivity contribution is 7.22. The van der Waals surface area contributed by atoms with E-state index in [4.69, 9.17) is 16.6 Å². The molecule has 0 saturated carbocycles. The van der Waals surface area contributed by atoms with E-state index in [1.165, 1.54) is 11.3 Å². The van der Waals surface area contributed by atoms with Crippen LogP contribution < -0.4 is 10.2 Å². The van der Waals surface area contributed by atoms with Gasteiger partial charge in [0.15, 0.2) is 5.13 Å². The van der Waals surface area contributed by atoms with Crippen LogP contribution in [0.2, 0.25) is 5.02 Å². The number of thiophene rings is 1. The van der Waals surface area contributed by atoms with E-state index in [1.54, 1.807) is 11.3 Å². The second-order valence-corrected chi connectivity index (χ2v) is 9.60. The SMILES string of the molecule is CN1CCN(c2nc3ccc(NC(=O)c4sc5ccccc5c4Cl)cc3s2)CC1. The van der Waals surface area contributed by atoms with E-state index in [0.29, 0.717) is 9.90 Å². The molecule has 1 saturated heterocycles. The van der Waals surface area contributed by atoms with Crippen molar-refractivity contribution in [2.24, 2.45) is 0 Å². The van der Waals surface area contributed by atoms with Crippen molar-refractivity contribution < 1.29 is 4.79 Å². The molecule has 0 radical (unpaired) electrons. The van der Waals surface area contributed by atoms with Crippen molar-refractivity contribution in [2.45, 2.75) is 0 Å². The van der Waals surface area contributed by atoms with E-state index in [-0.39, 0.29) is 5.91 Å². The highest BCUT2D eigenvalue weighted by Crippen LogP contribution is 2.36. The summed E-state index contributed by atoms with van der Waals surface area (Å²) in [6.45, 7) is 4.08. The Bertz CT molecular complexity index is 1210. The number of anilines is 2. The summed E-state index contributed by atoms with van der Waals surface area (Å²) in [6, 6.07) is 13.7. The third-order valence-corrected chi connectivity index (χ3v) is 7.90. The highest BCUT2D eigenvalue weighted by Gasteiger charge is 2.19. The van der Waals surface area contributed by atoms with Crippen LogP contribution in [-0.2, 0) is 0 Å². The molecule has 0 aliphatic carbocycles. The zero-order valence-corrected chi connectivity index (χ0v) is 18.2. The van der Waals surface area contributed by atoms with Crippen LogP contribution in [-0.4, -0.2) is 49.0 Å². The fourth-order valence-corrected chi connectivity index (χ4v) is 5.94. The fourth-order valence-electron chi connectivity index (χ4n) is 3.47. The Kier molecular flexibility index (Phi) is 4.91. The van der Waals surface area contributed by atoms with Crippen LogP contribution in [0.3, 0.4) is 0 Å². The van der Waals surface area contributed by atoms with Gasteiger partial charge in [-0.15, -0.1) is 11.3 Å². The Hall–Kier alpha value is -2.19. The van der Waals surface area contributed by atoms with Crippen LogP contribution in [0.25, 0.3) is 20.3 Å². The number of fused-ring (bicyclic) bond motifs is 2. The first-order valence-electron chi connectivity index (χ1n) is 9.41. The van der Waals surface area contributed by atoms with E-state index in [1.807, 2.05) is 42.5 Å². The van der Waals surface area contributed by atoms with Gasteiger partial charge in [0.1, 0.15) is 4.88 Å². The monoisotopic (exact) mass is 442 g/mol. The minimum Gasteiger partial charge on any atom is -0.345 e. The number of rotatable bonds is 3. The van der Waals surface area contributed by atoms with Crippen molar-refractivity contribution in [3.63, 3.8) is 0 Å². The van der Waals surface area contributed by atoms with E-state index in [0.717, 1.165) is 57.3 Å². The first-order valence-corrected chi connectivity index (χ1v) is 11.4. The molecular weight excluding hydrogens is 424 g/mol. The van der Waals surface area contributed by atoms with Gasteiger partial charge in [-0.25, -0.2) is 4.98 Å². The lowest BCUT2D eigenvalue weighted by molar-refractivity contribution is 0.103. The van der Waals surface area contributed by atoms with Crippen LogP contribution in [0.1, 0.15) is 9.67 Å². The zero-order chi connectivity index (χ0) is 20.0. The van der Waals surface area contributed by atoms with Crippen molar-refractivity contribution in [2.75, 3.05) is 43.4 Å². The normalized spacial score (nSPS) is 15.3. The Morgan fingerprint density at radius 1 is 1.07 bits per heavy atom. The number of aromatic nitrogens is 1. The Labute approximate surface area is 181 Å². The van der Waals surface area contributed by atoms with Crippen LogP contribution in [0.5, 0.6) is 0 Å². The highest BCUT2D eigenvalue weighted by atomic mass is 35.5. The molecule has 29 heavy (non-hydrogen) atoms. The van der Waals surface area contributed by atoms with Crippen molar-refractivity contribution >= 4 is 71.3 Å². The molecule has 5 nitrogen and oxygen atoms in total. The van der Waals surface area contributed by atoms with Crippen LogP contribution in [0.15, 0.2) is 42.5 Å². The average molecular weight is 443 g/mol. The number of nitrogens with one attached hydrogen (secondary N) is 1. The molecule has 2 aromatic carbocycles. The molecule has 8 heteroatoms. The molecule has 0 unspecified atom stereocenters. The molecule has 1 aliphatic heterocycles. The number of carbonyl (C=O) groups is 1. The number of thiazole rings is 1. The molecule has 0 bridgehead atoms. The van der Waals surface area contributed by atoms with E-state index >= 15 is 0 Å². The largest absolute Gasteiger partial charge is 0.345 e. The molecule has 0 atom stereocenters. The molecular formula is C21H19ClN4OS2. The predicted octanol–water partition coefficient (Wildman–Crippen LogP) is 5.17. The number of piperazine rings is 1. The maximum Gasteiger partial charge on any atom is 0.267 e. The zero-order valence-electron chi connectivity index (χ0n) is 15.8. The lowest BCUT2D eigenvalue weighted by Gasteiger charge is -2.31. The third-order valence-electron chi connectivity index (χ3n) is 5.15. The van der Waals surface area contributed by atoms with Gasteiger partial charge >= 0.3 is 0 Å². The number of hydrogen-bond acceptors (Lipinski definition) is 6. The van der Waals surface area contributed by atoms with Crippen LogP contribution in [0.4, 0.5) is 10.8 Å². The average Bonchev–Trinajstić information content (AvgIpc) is 3.30. The minimum atomic E-state index is -0.181. The minimum absolute atomic E-state index is 0.181. The van der Waals surface area contributed by atoms with E-state index in [9.17, 15) is 4.79 Å². The molecule has 2 aromatic heterocycles. The summed E-state index contributed by atoms with van der Waals surface area (Å²) < 4.78 is 2.08. The summed E-state index contributed by atoms with van der Waals surface area (Å²) in [5, 5.41) is 5.47. The van der Waals surface area contributed by atoms with Gasteiger partial charge in [-0.2, -0.15) is 0 Å². The van der Waals surface area contributed by atoms with E-state index < -0.39 is 0 Å². The van der Waals surface area contributed by atoms with E-state index in [2.05, 4.69) is 22.2 Å². The van der Waals surface area contributed by atoms with Gasteiger partial charge in [0.05, 0.1) is 15.2 Å². The molecule has 3 heterocycles. The second kappa shape index (κ2) is 7.57. The summed E-state index contributed by atoms with van der Waals surface area (Å²) in [5.74, 6) is -0.181. The quantitative estimate of drug-likeness (QED) is 0.475. The Balaban J connectivity index is 1.38. The summed E-state index contributed by atoms with van der Waals surface area (Å²) in [7, 11) is 2.15. The van der Waals surface area contributed by atoms with Gasteiger partial charge in [-0.1, -0.05) is 41.1 Å². The lowest BCUT2D eigenvalue weighted by atomic mass is 10.2. The van der Waals surface area contributed by atoms with Gasteiger partial charge < -0.3 is 15.1 Å². The molecule has 1 N–H and O–H groups in total. The molecule has 4 aromatic rings. The molecule has 5 rings (SSSR count). The Morgan fingerprint density at radius 2 is 1.86 bits per heavy atom. The van der Waals surface area contributed by atoms with Crippen molar-refractivity contribution in [1.82, 2.24) is 9.88 Å². The van der Waals surface area contributed by atoms with Crippen molar-refractivity contribution in [3.05, 3.63) is 52.4 Å².